The lowest BCUT2D eigenvalue weighted by molar-refractivity contribution is 0.115. The molecule has 0 aromatic carbocycles. The van der Waals surface area contributed by atoms with E-state index in [-0.39, 0.29) is 0 Å². The van der Waals surface area contributed by atoms with Crippen molar-refractivity contribution in [3.63, 3.8) is 0 Å². The fourth-order valence-corrected chi connectivity index (χ4v) is 5.86. The van der Waals surface area contributed by atoms with Gasteiger partial charge in [-0.15, -0.1) is 0 Å². The lowest BCUT2D eigenvalue weighted by Gasteiger charge is -2.38. The number of nitrogens with zero attached hydrogens (tertiary/aromatic N) is 6. The van der Waals surface area contributed by atoms with E-state index in [1.54, 1.807) is 7.11 Å². The van der Waals surface area contributed by atoms with Crippen molar-refractivity contribution in [3.05, 3.63) is 42.0 Å². The lowest BCUT2D eigenvalue weighted by atomic mass is 9.86. The molecule has 5 rings (SSSR count). The van der Waals surface area contributed by atoms with Gasteiger partial charge in [0.25, 0.3) is 0 Å². The molecule has 0 amide bonds. The first-order valence-corrected chi connectivity index (χ1v) is 13.6. The molecule has 1 atom stereocenters. The van der Waals surface area contributed by atoms with Crippen molar-refractivity contribution in [3.8, 4) is 22.8 Å². The second kappa shape index (κ2) is 11.1. The number of likely N-dealkylation sites (tertiary alicyclic amines) is 1. The third-order valence-corrected chi connectivity index (χ3v) is 7.89. The minimum absolute atomic E-state index is 0.438. The topological polar surface area (TPSA) is 70.2 Å². The van der Waals surface area contributed by atoms with E-state index in [4.69, 9.17) is 19.7 Å². The van der Waals surface area contributed by atoms with Gasteiger partial charge in [-0.25, -0.2) is 9.67 Å². The zero-order valence-electron chi connectivity index (χ0n) is 22.2. The summed E-state index contributed by atoms with van der Waals surface area (Å²) >= 11 is 0. The standard InChI is InChI=1S/C28H40N6O2/c1-5-6-25(21-9-13-32(14-10-21)20(2)3)33-19-22(17-30-33)28-24-11-15-36-16-12-26(24)34(31-28)23-7-8-27(35-4)29-18-23/h7-8,17-21,25H,5-6,9-16H2,1-4H3. The molecule has 0 radical (unpaired) electrons. The summed E-state index contributed by atoms with van der Waals surface area (Å²) in [5.74, 6) is 1.27. The summed E-state index contributed by atoms with van der Waals surface area (Å²) in [5, 5.41) is 10.0. The largest absolute Gasteiger partial charge is 0.481 e. The number of hydrogen-bond donors (Lipinski definition) is 0. The van der Waals surface area contributed by atoms with Crippen LogP contribution in [0.2, 0.25) is 0 Å². The van der Waals surface area contributed by atoms with Crippen LogP contribution < -0.4 is 4.74 Å². The van der Waals surface area contributed by atoms with Gasteiger partial charge in [0.15, 0.2) is 0 Å². The van der Waals surface area contributed by atoms with Crippen molar-refractivity contribution in [2.24, 2.45) is 5.92 Å². The van der Waals surface area contributed by atoms with Gasteiger partial charge in [0.1, 0.15) is 0 Å². The highest BCUT2D eigenvalue weighted by atomic mass is 16.5. The lowest BCUT2D eigenvalue weighted by Crippen LogP contribution is -2.40. The molecule has 1 fully saturated rings. The van der Waals surface area contributed by atoms with Gasteiger partial charge in [-0.3, -0.25) is 4.68 Å². The van der Waals surface area contributed by atoms with Gasteiger partial charge in [0.05, 0.1) is 55.8 Å². The van der Waals surface area contributed by atoms with E-state index in [1.807, 2.05) is 29.2 Å². The first-order chi connectivity index (χ1) is 17.6. The predicted octanol–water partition coefficient (Wildman–Crippen LogP) is 4.72. The van der Waals surface area contributed by atoms with Crippen LogP contribution in [0.1, 0.15) is 63.8 Å². The normalized spacial score (nSPS) is 18.2. The smallest absolute Gasteiger partial charge is 0.213 e. The van der Waals surface area contributed by atoms with E-state index in [2.05, 4.69) is 41.5 Å². The van der Waals surface area contributed by atoms with Gasteiger partial charge >= 0.3 is 0 Å². The van der Waals surface area contributed by atoms with Crippen molar-refractivity contribution in [2.45, 2.75) is 71.4 Å². The number of piperidine rings is 1. The van der Waals surface area contributed by atoms with Crippen LogP contribution in [-0.2, 0) is 17.6 Å². The molecule has 1 saturated heterocycles. The van der Waals surface area contributed by atoms with Gasteiger partial charge < -0.3 is 14.4 Å². The Bertz CT molecular complexity index is 1130. The number of methoxy groups -OCH3 is 1. The Hall–Kier alpha value is -2.71. The van der Waals surface area contributed by atoms with Gasteiger partial charge in [-0.2, -0.15) is 10.2 Å². The van der Waals surface area contributed by atoms with Crippen LogP contribution in [-0.4, -0.2) is 68.9 Å². The number of aromatic nitrogens is 5. The Kier molecular flexibility index (Phi) is 7.72. The molecule has 8 nitrogen and oxygen atoms in total. The minimum atomic E-state index is 0.438. The average molecular weight is 493 g/mol. The van der Waals surface area contributed by atoms with E-state index < -0.39 is 0 Å². The first-order valence-electron chi connectivity index (χ1n) is 13.6. The van der Waals surface area contributed by atoms with E-state index in [0.29, 0.717) is 37.1 Å². The second-order valence-corrected chi connectivity index (χ2v) is 10.4. The second-order valence-electron chi connectivity index (χ2n) is 10.4. The summed E-state index contributed by atoms with van der Waals surface area (Å²) in [6.07, 6.45) is 12.6. The quantitative estimate of drug-likeness (QED) is 0.453. The van der Waals surface area contributed by atoms with Gasteiger partial charge in [0, 0.05) is 35.9 Å². The molecular weight excluding hydrogens is 452 g/mol. The number of hydrogen-bond acceptors (Lipinski definition) is 6. The summed E-state index contributed by atoms with van der Waals surface area (Å²) in [6, 6.07) is 4.96. The Morgan fingerprint density at radius 1 is 1.11 bits per heavy atom. The summed E-state index contributed by atoms with van der Waals surface area (Å²) < 4.78 is 15.4. The van der Waals surface area contributed by atoms with Crippen LogP contribution >= 0.6 is 0 Å². The summed E-state index contributed by atoms with van der Waals surface area (Å²) in [5.41, 5.74) is 5.51. The van der Waals surface area contributed by atoms with Gasteiger partial charge in [0.2, 0.25) is 5.88 Å². The van der Waals surface area contributed by atoms with Crippen molar-refractivity contribution >= 4 is 0 Å². The SMILES string of the molecule is CCCC(C1CCN(C(C)C)CC1)n1cc(-c2nn(-c3ccc(OC)nc3)c3c2CCOCC3)cn1. The Labute approximate surface area is 214 Å². The van der Waals surface area contributed by atoms with Crippen LogP contribution in [0.3, 0.4) is 0 Å². The highest BCUT2D eigenvalue weighted by Crippen LogP contribution is 2.35. The molecule has 194 valence electrons. The molecule has 2 aliphatic heterocycles. The zero-order valence-corrected chi connectivity index (χ0v) is 22.2. The maximum absolute atomic E-state index is 5.83. The highest BCUT2D eigenvalue weighted by molar-refractivity contribution is 5.64. The molecule has 1 unspecified atom stereocenters. The molecular formula is C28H40N6O2. The van der Waals surface area contributed by atoms with Crippen LogP contribution in [0.4, 0.5) is 0 Å². The van der Waals surface area contributed by atoms with Crippen molar-refractivity contribution in [1.82, 2.24) is 29.4 Å². The molecule has 8 heteroatoms. The van der Waals surface area contributed by atoms with Crippen molar-refractivity contribution in [1.29, 1.82) is 0 Å². The fourth-order valence-electron chi connectivity index (χ4n) is 5.86. The molecule has 0 bridgehead atoms. The average Bonchev–Trinajstić information content (AvgIpc) is 3.45. The van der Waals surface area contributed by atoms with Crippen molar-refractivity contribution < 1.29 is 9.47 Å². The molecule has 0 N–H and O–H groups in total. The van der Waals surface area contributed by atoms with Crippen LogP contribution in [0.25, 0.3) is 16.9 Å². The highest BCUT2D eigenvalue weighted by Gasteiger charge is 2.29. The predicted molar refractivity (Wildman–Crippen MR) is 141 cm³/mol. The monoisotopic (exact) mass is 492 g/mol. The zero-order chi connectivity index (χ0) is 25.1. The molecule has 0 spiro atoms. The van der Waals surface area contributed by atoms with Crippen LogP contribution in [0, 0.1) is 5.92 Å². The minimum Gasteiger partial charge on any atom is -0.481 e. The molecule has 3 aromatic rings. The molecule has 3 aromatic heterocycles. The number of fused-ring (bicyclic) bond motifs is 1. The molecule has 5 heterocycles. The summed E-state index contributed by atoms with van der Waals surface area (Å²) in [7, 11) is 1.63. The fraction of sp³-hybridized carbons (Fsp3) is 0.607. The van der Waals surface area contributed by atoms with Gasteiger partial charge in [-0.1, -0.05) is 13.3 Å². The molecule has 0 aliphatic carbocycles. The van der Waals surface area contributed by atoms with Gasteiger partial charge in [-0.05, 0) is 64.6 Å². The Morgan fingerprint density at radius 2 is 1.92 bits per heavy atom. The maximum Gasteiger partial charge on any atom is 0.213 e. The molecule has 2 aliphatic rings. The number of ether oxygens (including phenoxy) is 2. The van der Waals surface area contributed by atoms with E-state index in [0.717, 1.165) is 42.6 Å². The number of rotatable bonds is 8. The molecule has 36 heavy (non-hydrogen) atoms. The Balaban J connectivity index is 1.45. The summed E-state index contributed by atoms with van der Waals surface area (Å²) in [6.45, 7) is 10.7. The third-order valence-electron chi connectivity index (χ3n) is 7.89. The first kappa shape index (κ1) is 25.0. The Morgan fingerprint density at radius 3 is 2.61 bits per heavy atom. The summed E-state index contributed by atoms with van der Waals surface area (Å²) in [4.78, 5) is 7.01. The number of pyridine rings is 1. The molecule has 0 saturated carbocycles. The van der Waals surface area contributed by atoms with Crippen molar-refractivity contribution in [2.75, 3.05) is 33.4 Å². The van der Waals surface area contributed by atoms with Crippen LogP contribution in [0.5, 0.6) is 5.88 Å². The third kappa shape index (κ3) is 5.06. The van der Waals surface area contributed by atoms with Crippen LogP contribution in [0.15, 0.2) is 30.7 Å². The van der Waals surface area contributed by atoms with E-state index in [1.165, 1.54) is 37.2 Å². The maximum atomic E-state index is 5.83. The van der Waals surface area contributed by atoms with E-state index in [9.17, 15) is 0 Å². The van der Waals surface area contributed by atoms with E-state index >= 15 is 0 Å².